The van der Waals surface area contributed by atoms with Crippen LogP contribution >= 0.6 is 0 Å². The third-order valence-corrected chi connectivity index (χ3v) is 1.89. The highest BCUT2D eigenvalue weighted by molar-refractivity contribution is 5.26. The summed E-state index contributed by atoms with van der Waals surface area (Å²) in [5.74, 6) is 0. The lowest BCUT2D eigenvalue weighted by Gasteiger charge is -2.00. The Labute approximate surface area is 78.4 Å². The van der Waals surface area contributed by atoms with Crippen molar-refractivity contribution in [3.8, 4) is 0 Å². The molecule has 1 aromatic rings. The fourth-order valence-corrected chi connectivity index (χ4v) is 0.951. The highest BCUT2D eigenvalue weighted by Crippen LogP contribution is 1.97. The van der Waals surface area contributed by atoms with Gasteiger partial charge < -0.3 is 0 Å². The summed E-state index contributed by atoms with van der Waals surface area (Å²) in [5, 5.41) is 4.18. The molecule has 0 aromatic carbocycles. The summed E-state index contributed by atoms with van der Waals surface area (Å²) in [6.07, 6.45) is 4.79. The lowest BCUT2D eigenvalue weighted by Crippen LogP contribution is -2.18. The second kappa shape index (κ2) is 4.60. The maximum Gasteiger partial charge on any atom is 0.148 e. The molecule has 0 fully saturated rings. The smallest absolute Gasteiger partial charge is 0.148 e. The summed E-state index contributed by atoms with van der Waals surface area (Å²) in [4.78, 5) is 4.11. The van der Waals surface area contributed by atoms with Crippen LogP contribution in [0, 0.1) is 0 Å². The average molecular weight is 177 g/mol. The molecule has 0 aliphatic carbocycles. The van der Waals surface area contributed by atoms with Crippen LogP contribution in [0.5, 0.6) is 0 Å². The zero-order valence-electron chi connectivity index (χ0n) is 8.36. The Bertz CT molecular complexity index is 360. The first-order valence-electron chi connectivity index (χ1n) is 4.42. The topological polar surface area (TPSA) is 30.2 Å². The molecule has 13 heavy (non-hydrogen) atoms. The van der Waals surface area contributed by atoms with E-state index in [4.69, 9.17) is 0 Å². The third-order valence-electron chi connectivity index (χ3n) is 1.89. The molecule has 0 amide bonds. The van der Waals surface area contributed by atoms with Crippen LogP contribution in [0.15, 0.2) is 28.9 Å². The molecule has 0 saturated heterocycles. The van der Waals surface area contributed by atoms with Crippen LogP contribution in [0.2, 0.25) is 0 Å². The van der Waals surface area contributed by atoms with Crippen LogP contribution in [-0.2, 0) is 0 Å². The van der Waals surface area contributed by atoms with Gasteiger partial charge in [0.2, 0.25) is 0 Å². The highest BCUT2D eigenvalue weighted by Gasteiger charge is 1.89. The molecule has 1 rings (SSSR count). The van der Waals surface area contributed by atoms with Crippen LogP contribution in [0.25, 0.3) is 6.20 Å². The van der Waals surface area contributed by atoms with Crippen molar-refractivity contribution in [3.63, 3.8) is 0 Å². The lowest BCUT2D eigenvalue weighted by molar-refractivity contribution is 0.815. The molecule has 1 aromatic heterocycles. The number of hydrogen-bond donors (Lipinski definition) is 0. The number of allylic oxidation sites excluding steroid dienone is 1. The van der Waals surface area contributed by atoms with Gasteiger partial charge in [-0.05, 0) is 25.5 Å². The number of hydrogen-bond acceptors (Lipinski definition) is 2. The predicted molar refractivity (Wildman–Crippen MR) is 54.0 cm³/mol. The summed E-state index contributed by atoms with van der Waals surface area (Å²) in [6, 6.07) is 3.82. The van der Waals surface area contributed by atoms with Gasteiger partial charge in [0.1, 0.15) is 5.49 Å². The largest absolute Gasteiger partial charge is 0.270 e. The molecule has 0 spiro atoms. The van der Waals surface area contributed by atoms with Gasteiger partial charge in [0.15, 0.2) is 0 Å². The van der Waals surface area contributed by atoms with Crippen LogP contribution in [0.1, 0.15) is 20.3 Å². The van der Waals surface area contributed by atoms with Crippen LogP contribution in [0.3, 0.4) is 0 Å². The van der Waals surface area contributed by atoms with Gasteiger partial charge in [0, 0.05) is 19.4 Å². The molecule has 0 N–H and O–H groups in total. The molecule has 70 valence electrons. The van der Waals surface area contributed by atoms with Crippen molar-refractivity contribution in [2.75, 3.05) is 7.05 Å². The van der Waals surface area contributed by atoms with E-state index in [1.807, 2.05) is 18.3 Å². The minimum Gasteiger partial charge on any atom is -0.270 e. The molecule has 0 aliphatic heterocycles. The van der Waals surface area contributed by atoms with E-state index in [1.54, 1.807) is 17.9 Å². The van der Waals surface area contributed by atoms with Crippen molar-refractivity contribution >= 4 is 6.20 Å². The van der Waals surface area contributed by atoms with Crippen molar-refractivity contribution in [1.82, 2.24) is 9.78 Å². The first-order valence-corrected chi connectivity index (χ1v) is 4.42. The van der Waals surface area contributed by atoms with Gasteiger partial charge in [-0.2, -0.15) is 5.10 Å². The molecule has 0 atom stereocenters. The summed E-state index contributed by atoms with van der Waals surface area (Å²) in [7, 11) is 1.77. The minimum absolute atomic E-state index is 0.871. The Morgan fingerprint density at radius 1 is 1.69 bits per heavy atom. The minimum atomic E-state index is 0.871. The van der Waals surface area contributed by atoms with Gasteiger partial charge >= 0.3 is 0 Å². The Morgan fingerprint density at radius 3 is 3.08 bits per heavy atom. The molecule has 0 unspecified atom stereocenters. The monoisotopic (exact) mass is 177 g/mol. The standard InChI is InChI=1S/C10H15N3/c1-4-9(2)8-13-10(11-3)6-5-7-12-13/h5-8H,4H2,1-3H3. The quantitative estimate of drug-likeness (QED) is 0.676. The maximum absolute atomic E-state index is 4.18. The van der Waals surface area contributed by atoms with Crippen LogP contribution in [-0.4, -0.2) is 16.8 Å². The van der Waals surface area contributed by atoms with Crippen molar-refractivity contribution in [1.29, 1.82) is 0 Å². The van der Waals surface area contributed by atoms with Gasteiger partial charge in [-0.1, -0.05) is 12.5 Å². The molecule has 0 aliphatic rings. The van der Waals surface area contributed by atoms with Gasteiger partial charge in [-0.3, -0.25) is 4.99 Å². The summed E-state index contributed by atoms with van der Waals surface area (Å²) in [6.45, 7) is 4.21. The van der Waals surface area contributed by atoms with Crippen molar-refractivity contribution in [3.05, 3.63) is 29.4 Å². The second-order valence-corrected chi connectivity index (χ2v) is 2.88. The summed E-state index contributed by atoms with van der Waals surface area (Å²) < 4.78 is 1.79. The highest BCUT2D eigenvalue weighted by atomic mass is 15.3. The van der Waals surface area contributed by atoms with E-state index in [-0.39, 0.29) is 0 Å². The summed E-state index contributed by atoms with van der Waals surface area (Å²) in [5.41, 5.74) is 2.16. The first-order chi connectivity index (χ1) is 6.27. The second-order valence-electron chi connectivity index (χ2n) is 2.88. The van der Waals surface area contributed by atoms with E-state index in [9.17, 15) is 0 Å². The molecular formula is C10H15N3. The summed E-state index contributed by atoms with van der Waals surface area (Å²) >= 11 is 0. The number of nitrogens with zero attached hydrogens (tertiary/aromatic N) is 3. The fourth-order valence-electron chi connectivity index (χ4n) is 0.951. The van der Waals surface area contributed by atoms with E-state index in [1.165, 1.54) is 5.57 Å². The zero-order valence-corrected chi connectivity index (χ0v) is 8.36. The zero-order chi connectivity index (χ0) is 9.68. The number of rotatable bonds is 2. The van der Waals surface area contributed by atoms with Gasteiger partial charge in [0.25, 0.3) is 0 Å². The van der Waals surface area contributed by atoms with Crippen LogP contribution in [0.4, 0.5) is 0 Å². The Balaban J connectivity index is 3.15. The SMILES string of the molecule is CCC(C)=Cn1ncccc1=NC. The van der Waals surface area contributed by atoms with Crippen molar-refractivity contribution in [2.45, 2.75) is 20.3 Å². The van der Waals surface area contributed by atoms with E-state index in [0.717, 1.165) is 11.9 Å². The van der Waals surface area contributed by atoms with Gasteiger partial charge in [-0.15, -0.1) is 0 Å². The van der Waals surface area contributed by atoms with Crippen molar-refractivity contribution < 1.29 is 0 Å². The Morgan fingerprint density at radius 2 is 2.46 bits per heavy atom. The molecule has 3 nitrogen and oxygen atoms in total. The number of aromatic nitrogens is 2. The van der Waals surface area contributed by atoms with Gasteiger partial charge in [-0.25, -0.2) is 4.68 Å². The molecule has 0 radical (unpaired) electrons. The molecule has 1 heterocycles. The third kappa shape index (κ3) is 2.54. The fraction of sp³-hybridized carbons (Fsp3) is 0.400. The first kappa shape index (κ1) is 9.71. The predicted octanol–water partition coefficient (Wildman–Crippen LogP) is 1.68. The van der Waals surface area contributed by atoms with E-state index in [0.29, 0.717) is 0 Å². The lowest BCUT2D eigenvalue weighted by atomic mass is 10.3. The maximum atomic E-state index is 4.18. The van der Waals surface area contributed by atoms with Crippen molar-refractivity contribution in [2.24, 2.45) is 4.99 Å². The molecule has 0 saturated carbocycles. The van der Waals surface area contributed by atoms with E-state index >= 15 is 0 Å². The Hall–Kier alpha value is -1.38. The molecule has 0 bridgehead atoms. The Kier molecular flexibility index (Phi) is 3.43. The van der Waals surface area contributed by atoms with E-state index < -0.39 is 0 Å². The van der Waals surface area contributed by atoms with Crippen LogP contribution < -0.4 is 5.49 Å². The molecular weight excluding hydrogens is 162 g/mol. The average Bonchev–Trinajstić information content (AvgIpc) is 2.18. The molecule has 3 heteroatoms. The van der Waals surface area contributed by atoms with E-state index in [2.05, 4.69) is 23.9 Å². The normalized spacial score (nSPS) is 13.5. The van der Waals surface area contributed by atoms with Gasteiger partial charge in [0.05, 0.1) is 0 Å².